The number of nitriles is 1. The summed E-state index contributed by atoms with van der Waals surface area (Å²) in [5.74, 6) is -0.204. The van der Waals surface area contributed by atoms with Crippen LogP contribution in [-0.2, 0) is 19.4 Å². The van der Waals surface area contributed by atoms with E-state index in [-0.39, 0.29) is 29.5 Å². The number of rotatable bonds is 3. The molecule has 1 atom stereocenters. The Hall–Kier alpha value is -3.38. The molecule has 0 aromatic heterocycles. The standard InChI is InChI=1S/C23H25N3O5S/c1-14(2)31-23(28)25-13-15(3)26(16(4)27)22-10-18(12-24)20(11-21(22)25)17-6-8-19(9-7-17)32(5,29)30/h6-11,14-15H,13H2,1-5H3/t15-/m0/s1. The van der Waals surface area contributed by atoms with Crippen LogP contribution in [0.5, 0.6) is 0 Å². The Kier molecular flexibility index (Phi) is 6.28. The van der Waals surface area contributed by atoms with Crippen LogP contribution < -0.4 is 9.80 Å². The number of sulfone groups is 1. The molecule has 0 N–H and O–H groups in total. The first-order valence-corrected chi connectivity index (χ1v) is 12.0. The largest absolute Gasteiger partial charge is 0.446 e. The van der Waals surface area contributed by atoms with Gasteiger partial charge in [0.1, 0.15) is 0 Å². The number of fused-ring (bicyclic) bond motifs is 1. The molecule has 168 valence electrons. The summed E-state index contributed by atoms with van der Waals surface area (Å²) in [6.07, 6.45) is 0.255. The van der Waals surface area contributed by atoms with Gasteiger partial charge in [0.2, 0.25) is 5.91 Å². The highest BCUT2D eigenvalue weighted by Crippen LogP contribution is 2.41. The van der Waals surface area contributed by atoms with Gasteiger partial charge in [-0.3, -0.25) is 9.69 Å². The second kappa shape index (κ2) is 8.63. The molecule has 0 saturated heterocycles. The monoisotopic (exact) mass is 455 g/mol. The van der Waals surface area contributed by atoms with Gasteiger partial charge in [0.05, 0.1) is 40.0 Å². The molecule has 8 nitrogen and oxygen atoms in total. The first-order chi connectivity index (χ1) is 14.9. The van der Waals surface area contributed by atoms with Crippen LogP contribution in [0.1, 0.15) is 33.3 Å². The van der Waals surface area contributed by atoms with Crippen LogP contribution in [0.3, 0.4) is 0 Å². The lowest BCUT2D eigenvalue weighted by molar-refractivity contribution is -0.117. The summed E-state index contributed by atoms with van der Waals surface area (Å²) >= 11 is 0. The number of hydrogen-bond acceptors (Lipinski definition) is 6. The minimum atomic E-state index is -3.36. The second-order valence-corrected chi connectivity index (χ2v) is 10.1. The Bertz CT molecular complexity index is 1210. The quantitative estimate of drug-likeness (QED) is 0.698. The average Bonchev–Trinajstić information content (AvgIpc) is 2.70. The van der Waals surface area contributed by atoms with Crippen LogP contribution >= 0.6 is 0 Å². The van der Waals surface area contributed by atoms with Crippen molar-refractivity contribution in [3.05, 3.63) is 42.0 Å². The Balaban J connectivity index is 2.21. The molecule has 0 fully saturated rings. The SMILES string of the molecule is CC(=O)N1c2cc(C#N)c(-c3ccc(S(C)(=O)=O)cc3)cc2N(C(=O)OC(C)C)C[C@@H]1C. The van der Waals surface area contributed by atoms with Crippen molar-refractivity contribution in [2.75, 3.05) is 22.6 Å². The van der Waals surface area contributed by atoms with E-state index in [4.69, 9.17) is 4.74 Å². The van der Waals surface area contributed by atoms with Gasteiger partial charge in [0.25, 0.3) is 0 Å². The van der Waals surface area contributed by atoms with Crippen LogP contribution in [0, 0.1) is 11.3 Å². The van der Waals surface area contributed by atoms with Gasteiger partial charge in [-0.1, -0.05) is 12.1 Å². The number of ether oxygens (including phenoxy) is 1. The van der Waals surface area contributed by atoms with Crippen LogP contribution in [0.25, 0.3) is 11.1 Å². The fraction of sp³-hybridized carbons (Fsp3) is 0.348. The smallest absolute Gasteiger partial charge is 0.414 e. The maximum absolute atomic E-state index is 12.8. The summed E-state index contributed by atoms with van der Waals surface area (Å²) in [6.45, 7) is 7.00. The zero-order valence-corrected chi connectivity index (χ0v) is 19.4. The van der Waals surface area contributed by atoms with Gasteiger partial charge in [0.15, 0.2) is 9.84 Å². The van der Waals surface area contributed by atoms with E-state index in [1.165, 1.54) is 24.0 Å². The lowest BCUT2D eigenvalue weighted by Crippen LogP contribution is -2.51. The highest BCUT2D eigenvalue weighted by Gasteiger charge is 2.35. The van der Waals surface area contributed by atoms with Gasteiger partial charge in [0, 0.05) is 25.3 Å². The predicted octanol–water partition coefficient (Wildman–Crippen LogP) is 3.74. The average molecular weight is 456 g/mol. The number of anilines is 2. The van der Waals surface area contributed by atoms with Crippen molar-refractivity contribution >= 4 is 33.2 Å². The van der Waals surface area contributed by atoms with E-state index in [1.807, 2.05) is 6.92 Å². The molecule has 0 saturated carbocycles. The van der Waals surface area contributed by atoms with Gasteiger partial charge >= 0.3 is 6.09 Å². The van der Waals surface area contributed by atoms with Crippen molar-refractivity contribution in [2.45, 2.75) is 44.7 Å². The normalized spacial score (nSPS) is 15.8. The van der Waals surface area contributed by atoms with Crippen molar-refractivity contribution in [2.24, 2.45) is 0 Å². The third kappa shape index (κ3) is 4.46. The molecular formula is C23H25N3O5S. The van der Waals surface area contributed by atoms with Gasteiger partial charge in [-0.05, 0) is 50.6 Å². The molecule has 0 bridgehead atoms. The van der Waals surface area contributed by atoms with E-state index in [0.29, 0.717) is 28.1 Å². The first kappa shape index (κ1) is 23.3. The van der Waals surface area contributed by atoms with Gasteiger partial charge < -0.3 is 9.64 Å². The van der Waals surface area contributed by atoms with Crippen LogP contribution in [-0.4, -0.2) is 45.4 Å². The van der Waals surface area contributed by atoms with E-state index in [1.54, 1.807) is 43.0 Å². The van der Waals surface area contributed by atoms with E-state index < -0.39 is 15.9 Å². The van der Waals surface area contributed by atoms with Gasteiger partial charge in [-0.15, -0.1) is 0 Å². The highest BCUT2D eigenvalue weighted by atomic mass is 32.2. The molecule has 1 aliphatic rings. The predicted molar refractivity (Wildman–Crippen MR) is 121 cm³/mol. The van der Waals surface area contributed by atoms with Crippen LogP contribution in [0.4, 0.5) is 16.2 Å². The molecule has 32 heavy (non-hydrogen) atoms. The summed E-state index contributed by atoms with van der Waals surface area (Å²) < 4.78 is 29.0. The van der Waals surface area contributed by atoms with Crippen LogP contribution in [0.2, 0.25) is 0 Å². The minimum absolute atomic E-state index is 0.163. The van der Waals surface area contributed by atoms with E-state index in [0.717, 1.165) is 6.26 Å². The number of benzene rings is 2. The molecule has 1 heterocycles. The highest BCUT2D eigenvalue weighted by molar-refractivity contribution is 7.90. The van der Waals surface area contributed by atoms with Gasteiger partial charge in [-0.25, -0.2) is 13.2 Å². The first-order valence-electron chi connectivity index (χ1n) is 10.1. The summed E-state index contributed by atoms with van der Waals surface area (Å²) in [5, 5.41) is 9.80. The Labute approximate surface area is 187 Å². The Morgan fingerprint density at radius 1 is 1.16 bits per heavy atom. The van der Waals surface area contributed by atoms with Gasteiger partial charge in [-0.2, -0.15) is 5.26 Å². The summed E-state index contributed by atoms with van der Waals surface area (Å²) in [7, 11) is -3.36. The summed E-state index contributed by atoms with van der Waals surface area (Å²) in [6, 6.07) is 11.3. The zero-order valence-electron chi connectivity index (χ0n) is 18.6. The Morgan fingerprint density at radius 3 is 2.28 bits per heavy atom. The molecule has 2 aromatic carbocycles. The number of amides is 2. The summed E-state index contributed by atoms with van der Waals surface area (Å²) in [5.41, 5.74) is 2.33. The van der Waals surface area contributed by atoms with E-state index >= 15 is 0 Å². The van der Waals surface area contributed by atoms with E-state index in [9.17, 15) is 23.3 Å². The minimum Gasteiger partial charge on any atom is -0.446 e. The molecular weight excluding hydrogens is 430 g/mol. The summed E-state index contributed by atoms with van der Waals surface area (Å²) in [4.78, 5) is 28.4. The van der Waals surface area contributed by atoms with Crippen molar-refractivity contribution in [1.29, 1.82) is 5.26 Å². The molecule has 9 heteroatoms. The topological polar surface area (TPSA) is 108 Å². The molecule has 2 amide bonds. The lowest BCUT2D eigenvalue weighted by Gasteiger charge is -2.40. The maximum atomic E-state index is 12.8. The molecule has 0 aliphatic carbocycles. The third-order valence-corrected chi connectivity index (χ3v) is 6.29. The number of carbonyl (C=O) groups is 2. The third-order valence-electron chi connectivity index (χ3n) is 5.16. The molecule has 2 aromatic rings. The molecule has 0 radical (unpaired) electrons. The zero-order chi connectivity index (χ0) is 23.8. The van der Waals surface area contributed by atoms with E-state index in [2.05, 4.69) is 6.07 Å². The molecule has 1 aliphatic heterocycles. The van der Waals surface area contributed by atoms with Crippen molar-refractivity contribution in [1.82, 2.24) is 0 Å². The Morgan fingerprint density at radius 2 is 1.78 bits per heavy atom. The second-order valence-electron chi connectivity index (χ2n) is 8.08. The fourth-order valence-corrected chi connectivity index (χ4v) is 4.43. The fourth-order valence-electron chi connectivity index (χ4n) is 3.80. The van der Waals surface area contributed by atoms with Crippen molar-refractivity contribution in [3.63, 3.8) is 0 Å². The van der Waals surface area contributed by atoms with Crippen molar-refractivity contribution < 1.29 is 22.7 Å². The molecule has 0 spiro atoms. The number of nitrogens with zero attached hydrogens (tertiary/aromatic N) is 3. The maximum Gasteiger partial charge on any atom is 0.414 e. The molecule has 3 rings (SSSR count). The number of hydrogen-bond donors (Lipinski definition) is 0. The lowest BCUT2D eigenvalue weighted by atomic mass is 9.96. The number of carbonyl (C=O) groups excluding carboxylic acids is 2. The molecule has 0 unspecified atom stereocenters. The van der Waals surface area contributed by atoms with Crippen LogP contribution in [0.15, 0.2) is 41.3 Å². The van der Waals surface area contributed by atoms with Crippen molar-refractivity contribution in [3.8, 4) is 17.2 Å².